The van der Waals surface area contributed by atoms with Crippen LogP contribution in [0.1, 0.15) is 49.9 Å². The third-order valence-corrected chi connectivity index (χ3v) is 2.42. The van der Waals surface area contributed by atoms with Crippen molar-refractivity contribution in [1.29, 1.82) is 0 Å². The number of hydrogen-bond donors (Lipinski definition) is 0. The number of Topliss-reactive ketones (excluding diaryl/α,β-unsaturated/α-hetero) is 1. The summed E-state index contributed by atoms with van der Waals surface area (Å²) in [6, 6.07) is 6.37. The Morgan fingerprint density at radius 1 is 1.62 bits per heavy atom. The molecular formula is C14H19ClO. The maximum Gasteiger partial charge on any atom is 0.165 e. The monoisotopic (exact) mass is 242 g/mol. The lowest BCUT2D eigenvalue weighted by atomic mass is 9.82. The zero-order valence-corrected chi connectivity index (χ0v) is 10.6. The van der Waals surface area contributed by atoms with Crippen molar-refractivity contribution in [2.24, 2.45) is 11.3 Å². The average molecular weight is 243 g/mol. The lowest BCUT2D eigenvalue weighted by Crippen LogP contribution is -2.18. The summed E-state index contributed by atoms with van der Waals surface area (Å²) in [5.41, 5.74) is -0.783. The Kier molecular flexibility index (Phi) is 2.60. The second-order valence-corrected chi connectivity index (χ2v) is 5.12. The molecule has 1 aromatic rings. The first-order valence-corrected chi connectivity index (χ1v) is 5.55. The van der Waals surface area contributed by atoms with Crippen molar-refractivity contribution in [3.63, 3.8) is 0 Å². The van der Waals surface area contributed by atoms with Gasteiger partial charge in [-0.15, -0.1) is 0 Å². The normalized spacial score (nSPS) is 20.0. The Labute approximate surface area is 108 Å². The highest BCUT2D eigenvalue weighted by Crippen LogP contribution is 2.26. The predicted octanol–water partition coefficient (Wildman–Crippen LogP) is 4.60. The van der Waals surface area contributed by atoms with Crippen LogP contribution in [-0.2, 0) is 0 Å². The summed E-state index contributed by atoms with van der Waals surface area (Å²) in [4.78, 5) is 12.4. The minimum atomic E-state index is -2.22. The SMILES string of the molecule is [2H]C([2H])([2H])C(C)(C)C[C@@]([2H])(C)C(=O)c1cccc(Cl)c1. The van der Waals surface area contributed by atoms with Crippen LogP contribution < -0.4 is 0 Å². The van der Waals surface area contributed by atoms with Gasteiger partial charge in [0.1, 0.15) is 0 Å². The van der Waals surface area contributed by atoms with Gasteiger partial charge in [-0.3, -0.25) is 4.79 Å². The van der Waals surface area contributed by atoms with E-state index < -0.39 is 23.9 Å². The molecule has 2 heteroatoms. The van der Waals surface area contributed by atoms with E-state index in [2.05, 4.69) is 0 Å². The van der Waals surface area contributed by atoms with Crippen LogP contribution in [0, 0.1) is 11.3 Å². The molecule has 0 heterocycles. The molecular weight excluding hydrogens is 220 g/mol. The highest BCUT2D eigenvalue weighted by Gasteiger charge is 2.21. The molecule has 16 heavy (non-hydrogen) atoms. The van der Waals surface area contributed by atoms with E-state index in [1.807, 2.05) is 0 Å². The molecule has 0 saturated carbocycles. The van der Waals surface area contributed by atoms with Crippen molar-refractivity contribution < 1.29 is 10.3 Å². The molecule has 1 atom stereocenters. The Morgan fingerprint density at radius 2 is 2.31 bits per heavy atom. The van der Waals surface area contributed by atoms with E-state index in [9.17, 15) is 4.79 Å². The first-order valence-electron chi connectivity index (χ1n) is 7.17. The molecule has 0 amide bonds. The van der Waals surface area contributed by atoms with Crippen molar-refractivity contribution in [1.82, 2.24) is 0 Å². The van der Waals surface area contributed by atoms with Gasteiger partial charge in [0.2, 0.25) is 0 Å². The van der Waals surface area contributed by atoms with E-state index >= 15 is 0 Å². The summed E-state index contributed by atoms with van der Waals surface area (Å²) in [7, 11) is 0. The Balaban J connectivity index is 3.02. The van der Waals surface area contributed by atoms with E-state index in [4.69, 9.17) is 17.1 Å². The smallest absolute Gasteiger partial charge is 0.165 e. The molecule has 0 N–H and O–H groups in total. The van der Waals surface area contributed by atoms with Gasteiger partial charge < -0.3 is 0 Å². The van der Waals surface area contributed by atoms with Crippen molar-refractivity contribution >= 4 is 17.4 Å². The summed E-state index contributed by atoms with van der Waals surface area (Å²) in [5, 5.41) is 0.418. The third kappa shape index (κ3) is 3.97. The fraction of sp³-hybridized carbons (Fsp3) is 0.500. The van der Waals surface area contributed by atoms with Crippen LogP contribution in [0.15, 0.2) is 24.3 Å². The van der Waals surface area contributed by atoms with Crippen LogP contribution in [0.4, 0.5) is 0 Å². The van der Waals surface area contributed by atoms with Crippen LogP contribution in [0.25, 0.3) is 0 Å². The van der Waals surface area contributed by atoms with Crippen molar-refractivity contribution in [2.75, 3.05) is 0 Å². The number of benzene rings is 1. The van der Waals surface area contributed by atoms with Gasteiger partial charge in [-0.2, -0.15) is 0 Å². The van der Waals surface area contributed by atoms with E-state index in [0.29, 0.717) is 10.6 Å². The second kappa shape index (κ2) is 5.01. The maximum atomic E-state index is 12.4. The second-order valence-electron chi connectivity index (χ2n) is 4.68. The molecule has 0 aliphatic carbocycles. The molecule has 0 bridgehead atoms. The molecule has 0 aliphatic heterocycles. The first-order chi connectivity index (χ1) is 8.87. The zero-order valence-electron chi connectivity index (χ0n) is 13.8. The standard InChI is InChI=1S/C14H19ClO/c1-10(9-14(2,3)4)13(16)11-6-5-7-12(15)8-11/h5-8,10H,9H2,1-4H3/t10-/m1/s1/i2D3,10D. The molecule has 1 aromatic carbocycles. The highest BCUT2D eigenvalue weighted by molar-refractivity contribution is 6.31. The van der Waals surface area contributed by atoms with Gasteiger partial charge in [0.25, 0.3) is 0 Å². The molecule has 0 saturated heterocycles. The molecule has 1 nitrogen and oxygen atoms in total. The average Bonchev–Trinajstić information content (AvgIpc) is 2.25. The van der Waals surface area contributed by atoms with E-state index in [-0.39, 0.29) is 6.42 Å². The summed E-state index contributed by atoms with van der Waals surface area (Å²) < 4.78 is 30.8. The fourth-order valence-corrected chi connectivity index (χ4v) is 1.81. The van der Waals surface area contributed by atoms with Gasteiger partial charge >= 0.3 is 0 Å². The van der Waals surface area contributed by atoms with E-state index in [1.54, 1.807) is 32.0 Å². The number of hydrogen-bond acceptors (Lipinski definition) is 1. The minimum Gasteiger partial charge on any atom is -0.294 e. The summed E-state index contributed by atoms with van der Waals surface area (Å²) >= 11 is 5.84. The number of carbonyl (C=O) groups is 1. The molecule has 0 aliphatic rings. The number of rotatable bonds is 3. The molecule has 1 rings (SSSR count). The number of carbonyl (C=O) groups excluding carboxylic acids is 1. The van der Waals surface area contributed by atoms with Crippen LogP contribution >= 0.6 is 11.6 Å². The molecule has 0 unspecified atom stereocenters. The molecule has 0 fully saturated rings. The highest BCUT2D eigenvalue weighted by atomic mass is 35.5. The molecule has 88 valence electrons. The summed E-state index contributed by atoms with van der Waals surface area (Å²) in [6.45, 7) is 2.34. The van der Waals surface area contributed by atoms with Gasteiger partial charge in [0, 0.05) is 22.0 Å². The van der Waals surface area contributed by atoms with Gasteiger partial charge in [0.15, 0.2) is 5.78 Å². The van der Waals surface area contributed by atoms with Gasteiger partial charge in [-0.05, 0) is 24.0 Å². The molecule has 0 aromatic heterocycles. The number of ketones is 1. The predicted molar refractivity (Wildman–Crippen MR) is 69.0 cm³/mol. The van der Waals surface area contributed by atoms with E-state index in [1.165, 1.54) is 13.0 Å². The van der Waals surface area contributed by atoms with Crippen molar-refractivity contribution in [3.05, 3.63) is 34.9 Å². The molecule has 0 radical (unpaired) electrons. The fourth-order valence-electron chi connectivity index (χ4n) is 1.62. The topological polar surface area (TPSA) is 17.1 Å². The Bertz CT molecular complexity index is 506. The summed E-state index contributed by atoms with van der Waals surface area (Å²) in [5.74, 6) is -1.93. The summed E-state index contributed by atoms with van der Waals surface area (Å²) in [6.07, 6.45) is -0.0537. The quantitative estimate of drug-likeness (QED) is 0.709. The first kappa shape index (κ1) is 8.30. The minimum absolute atomic E-state index is 0.0537. The lowest BCUT2D eigenvalue weighted by Gasteiger charge is -2.22. The largest absolute Gasteiger partial charge is 0.294 e. The maximum absolute atomic E-state index is 12.4. The Morgan fingerprint density at radius 3 is 2.88 bits per heavy atom. The lowest BCUT2D eigenvalue weighted by molar-refractivity contribution is 0.0897. The number of halogens is 1. The van der Waals surface area contributed by atoms with Gasteiger partial charge in [-0.1, -0.05) is 51.4 Å². The van der Waals surface area contributed by atoms with E-state index in [0.717, 1.165) is 0 Å². The van der Waals surface area contributed by atoms with Crippen LogP contribution in [0.3, 0.4) is 0 Å². The van der Waals surface area contributed by atoms with Crippen LogP contribution in [0.5, 0.6) is 0 Å². The third-order valence-electron chi connectivity index (χ3n) is 2.18. The zero-order chi connectivity index (χ0) is 15.8. The van der Waals surface area contributed by atoms with Crippen LogP contribution in [0.2, 0.25) is 5.02 Å². The van der Waals surface area contributed by atoms with Gasteiger partial charge in [-0.25, -0.2) is 0 Å². The van der Waals surface area contributed by atoms with Gasteiger partial charge in [0.05, 0.1) is 0 Å². The van der Waals surface area contributed by atoms with Crippen molar-refractivity contribution in [2.45, 2.75) is 34.0 Å². The van der Waals surface area contributed by atoms with Crippen molar-refractivity contribution in [3.8, 4) is 0 Å². The van der Waals surface area contributed by atoms with Crippen LogP contribution in [-0.4, -0.2) is 5.78 Å². The Hall–Kier alpha value is -0.820. The molecule has 0 spiro atoms.